The largest absolute Gasteiger partial charge is 0.496 e. The number of piperidine rings is 1. The van der Waals surface area contributed by atoms with E-state index in [0.29, 0.717) is 32.0 Å². The van der Waals surface area contributed by atoms with Crippen LogP contribution in [0, 0.1) is 5.92 Å². The number of para-hydroxylation sites is 1. The van der Waals surface area contributed by atoms with Crippen LogP contribution in [0.1, 0.15) is 50.5 Å². The van der Waals surface area contributed by atoms with Crippen molar-refractivity contribution < 1.29 is 14.3 Å². The smallest absolute Gasteiger partial charge is 0.224 e. The molecule has 0 bridgehead atoms. The normalized spacial score (nSPS) is 21.0. The summed E-state index contributed by atoms with van der Waals surface area (Å²) in [5.74, 6) is 1.18. The number of hydrogen-bond donors (Lipinski definition) is 1. The van der Waals surface area contributed by atoms with Crippen molar-refractivity contribution in [2.45, 2.75) is 57.4 Å². The fraction of sp³-hybridized carbons (Fsp3) is 0.619. The molecule has 0 aromatic heterocycles. The molecule has 1 aromatic carbocycles. The number of hydrogen-bond acceptors (Lipinski definition) is 3. The molecule has 5 nitrogen and oxygen atoms in total. The highest BCUT2D eigenvalue weighted by molar-refractivity contribution is 5.84. The van der Waals surface area contributed by atoms with E-state index in [1.54, 1.807) is 7.11 Å². The number of amides is 2. The van der Waals surface area contributed by atoms with E-state index >= 15 is 0 Å². The minimum Gasteiger partial charge on any atom is -0.496 e. The lowest BCUT2D eigenvalue weighted by atomic mass is 9.95. The topological polar surface area (TPSA) is 58.6 Å². The minimum atomic E-state index is -0.0560. The van der Waals surface area contributed by atoms with E-state index in [1.165, 1.54) is 18.4 Å². The molecule has 1 N–H and O–H groups in total. The van der Waals surface area contributed by atoms with Gasteiger partial charge in [-0.05, 0) is 43.7 Å². The summed E-state index contributed by atoms with van der Waals surface area (Å²) in [4.78, 5) is 26.7. The molecule has 0 radical (unpaired) electrons. The van der Waals surface area contributed by atoms with Crippen molar-refractivity contribution in [1.82, 2.24) is 10.2 Å². The second kappa shape index (κ2) is 9.06. The van der Waals surface area contributed by atoms with Crippen molar-refractivity contribution in [2.75, 3.05) is 20.2 Å². The Morgan fingerprint density at radius 3 is 2.77 bits per heavy atom. The standard InChI is InChI=1S/C21H30N2O3/c1-26-19-11-5-2-7-16(19)8-6-14-22-21(25)17-12-13-20(24)23(15-17)18-9-3-4-10-18/h2,5,7,11,17-18H,3-4,6,8-10,12-15H2,1H3,(H,22,25)/t17-/m1/s1. The number of ether oxygens (including phenoxy) is 1. The third kappa shape index (κ3) is 4.57. The molecular formula is C21H30N2O3. The van der Waals surface area contributed by atoms with Crippen molar-refractivity contribution in [2.24, 2.45) is 5.92 Å². The first-order valence-electron chi connectivity index (χ1n) is 9.88. The van der Waals surface area contributed by atoms with Crippen LogP contribution in [0.3, 0.4) is 0 Å². The summed E-state index contributed by atoms with van der Waals surface area (Å²) < 4.78 is 5.36. The fourth-order valence-electron chi connectivity index (χ4n) is 4.20. The van der Waals surface area contributed by atoms with E-state index in [4.69, 9.17) is 4.74 Å². The van der Waals surface area contributed by atoms with Crippen molar-refractivity contribution >= 4 is 11.8 Å². The number of rotatable bonds is 7. The van der Waals surface area contributed by atoms with E-state index in [9.17, 15) is 9.59 Å². The summed E-state index contributed by atoms with van der Waals surface area (Å²) in [6.07, 6.45) is 7.54. The van der Waals surface area contributed by atoms with Gasteiger partial charge < -0.3 is 15.0 Å². The van der Waals surface area contributed by atoms with Crippen LogP contribution in [-0.2, 0) is 16.0 Å². The average Bonchev–Trinajstić information content (AvgIpc) is 3.20. The van der Waals surface area contributed by atoms with Crippen LogP contribution in [0.25, 0.3) is 0 Å². The molecule has 1 aromatic rings. The maximum absolute atomic E-state index is 12.5. The molecule has 2 fully saturated rings. The zero-order chi connectivity index (χ0) is 18.4. The quantitative estimate of drug-likeness (QED) is 0.763. The number of carbonyl (C=O) groups is 2. The highest BCUT2D eigenvalue weighted by Gasteiger charge is 2.34. The molecular weight excluding hydrogens is 328 g/mol. The molecule has 1 aliphatic heterocycles. The van der Waals surface area contributed by atoms with Gasteiger partial charge in [0.2, 0.25) is 11.8 Å². The maximum atomic E-state index is 12.5. The van der Waals surface area contributed by atoms with Gasteiger partial charge in [0.1, 0.15) is 5.75 Å². The number of carbonyl (C=O) groups excluding carboxylic acids is 2. The van der Waals surface area contributed by atoms with Gasteiger partial charge in [0.25, 0.3) is 0 Å². The molecule has 2 amide bonds. The van der Waals surface area contributed by atoms with Gasteiger partial charge in [-0.25, -0.2) is 0 Å². The molecule has 142 valence electrons. The molecule has 1 saturated carbocycles. The molecule has 1 atom stereocenters. The number of benzene rings is 1. The summed E-state index contributed by atoms with van der Waals surface area (Å²) >= 11 is 0. The van der Waals surface area contributed by atoms with Crippen LogP contribution < -0.4 is 10.1 Å². The van der Waals surface area contributed by atoms with Gasteiger partial charge in [-0.2, -0.15) is 0 Å². The monoisotopic (exact) mass is 358 g/mol. The van der Waals surface area contributed by atoms with Gasteiger partial charge in [0, 0.05) is 25.6 Å². The van der Waals surface area contributed by atoms with Crippen LogP contribution >= 0.6 is 0 Å². The molecule has 1 saturated heterocycles. The zero-order valence-corrected chi connectivity index (χ0v) is 15.7. The highest BCUT2D eigenvalue weighted by Crippen LogP contribution is 2.28. The van der Waals surface area contributed by atoms with E-state index in [-0.39, 0.29) is 17.7 Å². The maximum Gasteiger partial charge on any atom is 0.224 e. The number of aryl methyl sites for hydroxylation is 1. The van der Waals surface area contributed by atoms with Crippen LogP contribution in [0.5, 0.6) is 5.75 Å². The number of nitrogens with zero attached hydrogens (tertiary/aromatic N) is 1. The number of nitrogens with one attached hydrogen (secondary N) is 1. The first-order valence-corrected chi connectivity index (χ1v) is 9.88. The Kier molecular flexibility index (Phi) is 6.53. The second-order valence-corrected chi connectivity index (χ2v) is 7.43. The van der Waals surface area contributed by atoms with Gasteiger partial charge >= 0.3 is 0 Å². The highest BCUT2D eigenvalue weighted by atomic mass is 16.5. The predicted octanol–water partition coefficient (Wildman–Crippen LogP) is 2.93. The second-order valence-electron chi connectivity index (χ2n) is 7.43. The number of likely N-dealkylation sites (tertiary alicyclic amines) is 1. The third-order valence-electron chi connectivity index (χ3n) is 5.69. The summed E-state index contributed by atoms with van der Waals surface area (Å²) in [7, 11) is 1.68. The molecule has 3 rings (SSSR count). The Labute approximate surface area is 156 Å². The Balaban J connectivity index is 1.43. The molecule has 1 heterocycles. The molecule has 2 aliphatic rings. The van der Waals surface area contributed by atoms with Crippen molar-refractivity contribution in [3.63, 3.8) is 0 Å². The first kappa shape index (κ1) is 18.7. The van der Waals surface area contributed by atoms with E-state index in [0.717, 1.165) is 31.4 Å². The summed E-state index contributed by atoms with van der Waals surface area (Å²) in [5, 5.41) is 3.07. The zero-order valence-electron chi connectivity index (χ0n) is 15.7. The summed E-state index contributed by atoms with van der Waals surface area (Å²) in [6, 6.07) is 8.36. The minimum absolute atomic E-state index is 0.0560. The van der Waals surface area contributed by atoms with Gasteiger partial charge in [-0.1, -0.05) is 31.0 Å². The van der Waals surface area contributed by atoms with Crippen molar-refractivity contribution in [3.8, 4) is 5.75 Å². The summed E-state index contributed by atoms with van der Waals surface area (Å²) in [6.45, 7) is 1.26. The van der Waals surface area contributed by atoms with Gasteiger partial charge in [0.15, 0.2) is 0 Å². The van der Waals surface area contributed by atoms with Crippen LogP contribution in [0.4, 0.5) is 0 Å². The Morgan fingerprint density at radius 2 is 2.00 bits per heavy atom. The molecule has 26 heavy (non-hydrogen) atoms. The number of methoxy groups -OCH3 is 1. The Bertz CT molecular complexity index is 625. The lowest BCUT2D eigenvalue weighted by molar-refractivity contribution is -0.140. The lowest BCUT2D eigenvalue weighted by Crippen LogP contribution is -2.49. The van der Waals surface area contributed by atoms with Crippen LogP contribution in [0.2, 0.25) is 0 Å². The van der Waals surface area contributed by atoms with E-state index in [2.05, 4.69) is 11.4 Å². The molecule has 0 spiro atoms. The SMILES string of the molecule is COc1ccccc1CCCNC(=O)[C@@H]1CCC(=O)N(C2CCCC2)C1. The van der Waals surface area contributed by atoms with Crippen LogP contribution in [0.15, 0.2) is 24.3 Å². The molecule has 0 unspecified atom stereocenters. The lowest BCUT2D eigenvalue weighted by Gasteiger charge is -2.36. The van der Waals surface area contributed by atoms with Crippen molar-refractivity contribution in [1.29, 1.82) is 0 Å². The fourth-order valence-corrected chi connectivity index (χ4v) is 4.20. The van der Waals surface area contributed by atoms with Gasteiger partial charge in [-0.15, -0.1) is 0 Å². The first-order chi connectivity index (χ1) is 12.7. The average molecular weight is 358 g/mol. The van der Waals surface area contributed by atoms with Gasteiger partial charge in [0.05, 0.1) is 13.0 Å². The van der Waals surface area contributed by atoms with E-state index < -0.39 is 0 Å². The van der Waals surface area contributed by atoms with Crippen LogP contribution in [-0.4, -0.2) is 43.0 Å². The van der Waals surface area contributed by atoms with Crippen molar-refractivity contribution in [3.05, 3.63) is 29.8 Å². The van der Waals surface area contributed by atoms with E-state index in [1.807, 2.05) is 23.1 Å². The van der Waals surface area contributed by atoms with Gasteiger partial charge in [-0.3, -0.25) is 9.59 Å². The molecule has 5 heteroatoms. The summed E-state index contributed by atoms with van der Waals surface area (Å²) in [5.41, 5.74) is 1.17. The predicted molar refractivity (Wildman–Crippen MR) is 101 cm³/mol. The Hall–Kier alpha value is -2.04. The Morgan fingerprint density at radius 1 is 1.23 bits per heavy atom. The molecule has 1 aliphatic carbocycles. The third-order valence-corrected chi connectivity index (χ3v) is 5.69.